The second-order valence-corrected chi connectivity index (χ2v) is 23.1. The maximum Gasteiger partial charge on any atom is 0.306 e. The van der Waals surface area contributed by atoms with E-state index < -0.39 is 13.9 Å². The molecule has 0 rings (SSSR count). The van der Waals surface area contributed by atoms with Crippen molar-refractivity contribution >= 4 is 13.8 Å². The molecular formula is C58H118NO7P. The number of rotatable bonds is 57. The molecule has 9 heteroatoms. The highest BCUT2D eigenvalue weighted by Crippen LogP contribution is 2.38. The van der Waals surface area contributed by atoms with Gasteiger partial charge >= 0.3 is 5.97 Å². The predicted molar refractivity (Wildman–Crippen MR) is 287 cm³/mol. The van der Waals surface area contributed by atoms with Crippen molar-refractivity contribution in [2.75, 3.05) is 54.1 Å². The molecule has 0 aliphatic heterocycles. The molecule has 67 heavy (non-hydrogen) atoms. The van der Waals surface area contributed by atoms with Gasteiger partial charge in [0.1, 0.15) is 19.3 Å². The molecule has 0 fully saturated rings. The van der Waals surface area contributed by atoms with Gasteiger partial charge in [0.15, 0.2) is 0 Å². The molecule has 0 radical (unpaired) electrons. The zero-order valence-electron chi connectivity index (χ0n) is 45.9. The van der Waals surface area contributed by atoms with E-state index in [2.05, 4.69) is 13.8 Å². The van der Waals surface area contributed by atoms with E-state index in [0.717, 1.165) is 32.1 Å². The number of quaternary nitrogens is 1. The summed E-state index contributed by atoms with van der Waals surface area (Å²) in [5, 5.41) is 0. The average Bonchev–Trinajstić information content (AvgIpc) is 3.29. The minimum Gasteiger partial charge on any atom is -0.756 e. The van der Waals surface area contributed by atoms with Gasteiger partial charge in [0.25, 0.3) is 7.82 Å². The molecule has 0 bridgehead atoms. The van der Waals surface area contributed by atoms with Gasteiger partial charge in [-0.25, -0.2) is 0 Å². The number of ether oxygens (including phenoxy) is 2. The van der Waals surface area contributed by atoms with Gasteiger partial charge in [-0.3, -0.25) is 9.36 Å². The lowest BCUT2D eigenvalue weighted by atomic mass is 10.0. The molecule has 0 N–H and O–H groups in total. The van der Waals surface area contributed by atoms with Crippen molar-refractivity contribution in [1.82, 2.24) is 0 Å². The van der Waals surface area contributed by atoms with E-state index >= 15 is 0 Å². The summed E-state index contributed by atoms with van der Waals surface area (Å²) in [5.41, 5.74) is 0. The van der Waals surface area contributed by atoms with E-state index in [1.165, 1.54) is 257 Å². The topological polar surface area (TPSA) is 94.1 Å². The number of esters is 1. The molecule has 0 aliphatic rings. The van der Waals surface area contributed by atoms with Crippen molar-refractivity contribution in [2.24, 2.45) is 0 Å². The van der Waals surface area contributed by atoms with E-state index in [1.54, 1.807) is 0 Å². The first-order valence-electron chi connectivity index (χ1n) is 29.8. The van der Waals surface area contributed by atoms with Crippen molar-refractivity contribution in [2.45, 2.75) is 315 Å². The normalized spacial score (nSPS) is 13.3. The van der Waals surface area contributed by atoms with E-state index in [-0.39, 0.29) is 25.8 Å². The smallest absolute Gasteiger partial charge is 0.306 e. The summed E-state index contributed by atoms with van der Waals surface area (Å²) in [6.45, 7) is 5.50. The Morgan fingerprint density at radius 2 is 0.687 bits per heavy atom. The van der Waals surface area contributed by atoms with Crippen LogP contribution in [0.25, 0.3) is 0 Å². The minimum atomic E-state index is -4.52. The molecule has 0 saturated heterocycles. The number of hydrogen-bond donors (Lipinski definition) is 0. The molecule has 1 unspecified atom stereocenters. The van der Waals surface area contributed by atoms with Crippen LogP contribution in [0.4, 0.5) is 0 Å². The van der Waals surface area contributed by atoms with Gasteiger partial charge in [-0.1, -0.05) is 290 Å². The largest absolute Gasteiger partial charge is 0.756 e. The molecule has 402 valence electrons. The Bertz CT molecular complexity index is 1040. The summed E-state index contributed by atoms with van der Waals surface area (Å²) in [6.07, 6.45) is 60.2. The summed E-state index contributed by atoms with van der Waals surface area (Å²) in [7, 11) is 1.38. The van der Waals surface area contributed by atoms with Crippen LogP contribution < -0.4 is 4.89 Å². The number of carbonyl (C=O) groups is 1. The van der Waals surface area contributed by atoms with Crippen molar-refractivity contribution in [3.05, 3.63) is 0 Å². The fourth-order valence-electron chi connectivity index (χ4n) is 9.08. The number of phosphoric ester groups is 1. The zero-order valence-corrected chi connectivity index (χ0v) is 46.8. The van der Waals surface area contributed by atoms with Gasteiger partial charge in [-0.2, -0.15) is 0 Å². The molecule has 0 amide bonds. The maximum atomic E-state index is 12.8. The highest BCUT2D eigenvalue weighted by molar-refractivity contribution is 7.45. The molecule has 0 aromatic heterocycles. The summed E-state index contributed by atoms with van der Waals surface area (Å²) in [4.78, 5) is 25.2. The average molecular weight is 973 g/mol. The third-order valence-electron chi connectivity index (χ3n) is 13.7. The number of unbranched alkanes of at least 4 members (excludes halogenated alkanes) is 43. The molecular weight excluding hydrogens is 854 g/mol. The Morgan fingerprint density at radius 3 is 0.985 bits per heavy atom. The molecule has 0 aliphatic carbocycles. The van der Waals surface area contributed by atoms with Gasteiger partial charge in [-0.15, -0.1) is 0 Å². The van der Waals surface area contributed by atoms with Gasteiger partial charge in [0.05, 0.1) is 34.4 Å². The van der Waals surface area contributed by atoms with Gasteiger partial charge < -0.3 is 27.9 Å². The van der Waals surface area contributed by atoms with Crippen molar-refractivity contribution < 1.29 is 37.3 Å². The molecule has 2 atom stereocenters. The van der Waals surface area contributed by atoms with Gasteiger partial charge in [0, 0.05) is 13.0 Å². The van der Waals surface area contributed by atoms with Crippen LogP contribution in [0.3, 0.4) is 0 Å². The predicted octanol–water partition coefficient (Wildman–Crippen LogP) is 18.1. The number of phosphoric acid groups is 1. The van der Waals surface area contributed by atoms with E-state index in [4.69, 9.17) is 18.5 Å². The summed E-state index contributed by atoms with van der Waals surface area (Å²) in [6, 6.07) is 0. The molecule has 0 spiro atoms. The highest BCUT2D eigenvalue weighted by Gasteiger charge is 2.20. The van der Waals surface area contributed by atoms with Crippen LogP contribution in [0.1, 0.15) is 309 Å². The fraction of sp³-hybridized carbons (Fsp3) is 0.983. The zero-order chi connectivity index (χ0) is 49.0. The monoisotopic (exact) mass is 972 g/mol. The van der Waals surface area contributed by atoms with Crippen molar-refractivity contribution in [3.8, 4) is 0 Å². The third-order valence-corrected chi connectivity index (χ3v) is 14.6. The second-order valence-electron chi connectivity index (χ2n) is 21.7. The van der Waals surface area contributed by atoms with Crippen molar-refractivity contribution in [3.63, 3.8) is 0 Å². The van der Waals surface area contributed by atoms with Gasteiger partial charge in [0.2, 0.25) is 0 Å². The SMILES string of the molecule is CCCCCCCCCCCCCCCCCCCCCCCCCCCCCCCCCC(=O)O[C@H](COCCCCCCCCCCCCCCCC)COP(=O)([O-])OCC[N+](C)(C)C. The molecule has 8 nitrogen and oxygen atoms in total. The Kier molecular flexibility index (Phi) is 51.5. The van der Waals surface area contributed by atoms with Crippen LogP contribution in [0.2, 0.25) is 0 Å². The molecule has 0 saturated carbocycles. The maximum absolute atomic E-state index is 12.8. The quantitative estimate of drug-likeness (QED) is 0.0259. The fourth-order valence-corrected chi connectivity index (χ4v) is 9.81. The van der Waals surface area contributed by atoms with E-state index in [0.29, 0.717) is 24.1 Å². The number of hydrogen-bond acceptors (Lipinski definition) is 7. The Morgan fingerprint density at radius 1 is 0.403 bits per heavy atom. The Balaban J connectivity index is 3.88. The van der Waals surface area contributed by atoms with Crippen LogP contribution >= 0.6 is 7.82 Å². The number of carbonyl (C=O) groups excluding carboxylic acids is 1. The van der Waals surface area contributed by atoms with E-state index in [1.807, 2.05) is 21.1 Å². The summed E-state index contributed by atoms with van der Waals surface area (Å²) < 4.78 is 34.8. The first-order valence-corrected chi connectivity index (χ1v) is 31.2. The molecule has 0 heterocycles. The van der Waals surface area contributed by atoms with Crippen LogP contribution in [-0.4, -0.2) is 70.7 Å². The lowest BCUT2D eigenvalue weighted by Crippen LogP contribution is -2.37. The van der Waals surface area contributed by atoms with Crippen LogP contribution in [0, 0.1) is 0 Å². The van der Waals surface area contributed by atoms with E-state index in [9.17, 15) is 14.3 Å². The van der Waals surface area contributed by atoms with Gasteiger partial charge in [-0.05, 0) is 12.8 Å². The summed E-state index contributed by atoms with van der Waals surface area (Å²) in [5.74, 6) is -0.323. The van der Waals surface area contributed by atoms with Crippen molar-refractivity contribution in [1.29, 1.82) is 0 Å². The van der Waals surface area contributed by atoms with Crippen LogP contribution in [0.15, 0.2) is 0 Å². The third kappa shape index (κ3) is 56.3. The molecule has 0 aromatic carbocycles. The standard InChI is InChI=1S/C58H118NO7P/c1-6-8-10-12-14-16-18-20-22-23-24-25-26-27-28-29-30-31-32-33-34-35-36-37-38-39-41-43-45-47-49-51-58(60)66-57(56-65-67(61,62)64-54-52-59(3,4)5)55-63-53-50-48-46-44-42-40-21-19-17-15-13-11-9-7-2/h57H,6-56H2,1-5H3/t57-/m1/s1. The highest BCUT2D eigenvalue weighted by atomic mass is 31.2. The summed E-state index contributed by atoms with van der Waals surface area (Å²) >= 11 is 0. The first kappa shape index (κ1) is 66.5. The first-order chi connectivity index (χ1) is 32.6. The Labute approximate surface area is 418 Å². The minimum absolute atomic E-state index is 0.0318. The number of likely N-dealkylation sites (N-methyl/N-ethyl adjacent to an activating group) is 1. The lowest BCUT2D eigenvalue weighted by molar-refractivity contribution is -0.870. The number of nitrogens with zero attached hydrogens (tertiary/aromatic N) is 1. The molecule has 0 aromatic rings. The lowest BCUT2D eigenvalue weighted by Gasteiger charge is -2.28. The second kappa shape index (κ2) is 51.8. The van der Waals surface area contributed by atoms with Crippen LogP contribution in [-0.2, 0) is 27.9 Å². The Hall–Kier alpha value is -0.500. The van der Waals surface area contributed by atoms with Crippen LogP contribution in [0.5, 0.6) is 0 Å².